The second kappa shape index (κ2) is 6.10. The highest BCUT2D eigenvalue weighted by molar-refractivity contribution is 5.94. The Kier molecular flexibility index (Phi) is 4.47. The Morgan fingerprint density at radius 3 is 2.89 bits per heavy atom. The molecule has 1 aromatic carbocycles. The summed E-state index contributed by atoms with van der Waals surface area (Å²) in [5.41, 5.74) is 0.205. The molecule has 0 spiro atoms. The molecule has 0 aliphatic carbocycles. The van der Waals surface area contributed by atoms with Crippen molar-refractivity contribution in [2.24, 2.45) is 0 Å². The Balaban J connectivity index is 2.08. The fraction of sp³-hybridized carbons (Fsp3) is 0.500. The van der Waals surface area contributed by atoms with Crippen LogP contribution in [0.5, 0.6) is 0 Å². The number of amides is 1. The van der Waals surface area contributed by atoms with Crippen LogP contribution in [0.15, 0.2) is 18.2 Å². The molecule has 1 heterocycles. The number of halogens is 2. The molecule has 19 heavy (non-hydrogen) atoms. The number of hydrogen-bond acceptors (Lipinski definition) is 2. The first-order chi connectivity index (χ1) is 9.11. The van der Waals surface area contributed by atoms with Crippen LogP contribution < -0.4 is 5.32 Å². The molecule has 1 atom stereocenters. The van der Waals surface area contributed by atoms with Crippen LogP contribution in [0.25, 0.3) is 0 Å². The van der Waals surface area contributed by atoms with Gasteiger partial charge in [0.1, 0.15) is 0 Å². The maximum Gasteiger partial charge on any atom is 0.254 e. The van der Waals surface area contributed by atoms with Gasteiger partial charge in [-0.1, -0.05) is 6.92 Å². The van der Waals surface area contributed by atoms with Crippen molar-refractivity contribution >= 4 is 5.91 Å². The predicted octanol–water partition coefficient (Wildman–Crippen LogP) is 2.18. The third-order valence-electron chi connectivity index (χ3n) is 3.37. The lowest BCUT2D eigenvalue weighted by atomic mass is 10.0. The lowest BCUT2D eigenvalue weighted by Crippen LogP contribution is -2.47. The number of likely N-dealkylation sites (N-methyl/N-ethyl adjacent to an activating group) is 1. The summed E-state index contributed by atoms with van der Waals surface area (Å²) in [6.07, 6.45) is 1.96. The van der Waals surface area contributed by atoms with Crippen LogP contribution in [-0.2, 0) is 0 Å². The zero-order chi connectivity index (χ0) is 13.8. The molecule has 1 unspecified atom stereocenters. The topological polar surface area (TPSA) is 32.3 Å². The minimum absolute atomic E-state index is 0.205. The first kappa shape index (κ1) is 13.9. The van der Waals surface area contributed by atoms with Crippen molar-refractivity contribution in [1.29, 1.82) is 0 Å². The van der Waals surface area contributed by atoms with Crippen molar-refractivity contribution in [3.63, 3.8) is 0 Å². The second-order valence-corrected chi connectivity index (χ2v) is 4.78. The van der Waals surface area contributed by atoms with Crippen LogP contribution in [0.2, 0.25) is 0 Å². The van der Waals surface area contributed by atoms with Gasteiger partial charge in [0, 0.05) is 24.7 Å². The number of nitrogens with zero attached hydrogens (tertiary/aromatic N) is 1. The van der Waals surface area contributed by atoms with Crippen LogP contribution in [-0.4, -0.2) is 36.5 Å². The summed E-state index contributed by atoms with van der Waals surface area (Å²) in [5.74, 6) is -2.15. The standard InChI is InChI=1S/C14H18F2N2O/c1-2-17-11-4-3-7-18(9-11)14(19)10-5-6-12(15)13(16)8-10/h5-6,8,11,17H,2-4,7,9H2,1H3. The smallest absolute Gasteiger partial charge is 0.254 e. The Labute approximate surface area is 111 Å². The van der Waals surface area contributed by atoms with Crippen LogP contribution in [0.1, 0.15) is 30.1 Å². The number of likely N-dealkylation sites (tertiary alicyclic amines) is 1. The summed E-state index contributed by atoms with van der Waals surface area (Å²) in [5, 5.41) is 3.31. The Bertz CT molecular complexity index is 463. The van der Waals surface area contributed by atoms with Crippen molar-refractivity contribution in [1.82, 2.24) is 10.2 Å². The van der Waals surface area contributed by atoms with Gasteiger partial charge >= 0.3 is 0 Å². The molecule has 1 saturated heterocycles. The van der Waals surface area contributed by atoms with E-state index in [9.17, 15) is 13.6 Å². The van der Waals surface area contributed by atoms with Gasteiger partial charge in [0.05, 0.1) is 0 Å². The van der Waals surface area contributed by atoms with Gasteiger partial charge in [0.25, 0.3) is 5.91 Å². The van der Waals surface area contributed by atoms with Gasteiger partial charge in [0.15, 0.2) is 11.6 Å². The maximum atomic E-state index is 13.1. The van der Waals surface area contributed by atoms with Gasteiger partial charge in [-0.25, -0.2) is 8.78 Å². The van der Waals surface area contributed by atoms with E-state index in [-0.39, 0.29) is 17.5 Å². The Hall–Kier alpha value is -1.49. The summed E-state index contributed by atoms with van der Waals surface area (Å²) in [7, 11) is 0. The molecule has 1 aromatic rings. The van der Waals surface area contributed by atoms with Crippen LogP contribution in [0.4, 0.5) is 8.78 Å². The van der Waals surface area contributed by atoms with E-state index in [1.807, 2.05) is 6.92 Å². The Morgan fingerprint density at radius 2 is 2.21 bits per heavy atom. The van der Waals surface area contributed by atoms with E-state index in [0.29, 0.717) is 13.1 Å². The number of benzene rings is 1. The summed E-state index contributed by atoms with van der Waals surface area (Å²) < 4.78 is 26.0. The fourth-order valence-electron chi connectivity index (χ4n) is 2.43. The van der Waals surface area contributed by atoms with Crippen molar-refractivity contribution in [3.05, 3.63) is 35.4 Å². The van der Waals surface area contributed by atoms with E-state index in [1.165, 1.54) is 6.07 Å². The zero-order valence-corrected chi connectivity index (χ0v) is 11.0. The molecule has 104 valence electrons. The maximum absolute atomic E-state index is 13.1. The third kappa shape index (κ3) is 3.29. The lowest BCUT2D eigenvalue weighted by Gasteiger charge is -2.33. The number of hydrogen-bond donors (Lipinski definition) is 1. The van der Waals surface area contributed by atoms with Crippen molar-refractivity contribution in [2.75, 3.05) is 19.6 Å². The molecule has 0 saturated carbocycles. The molecule has 0 radical (unpaired) electrons. The molecule has 1 aliphatic rings. The zero-order valence-electron chi connectivity index (χ0n) is 11.0. The van der Waals surface area contributed by atoms with E-state index in [4.69, 9.17) is 0 Å². The monoisotopic (exact) mass is 268 g/mol. The first-order valence-corrected chi connectivity index (χ1v) is 6.59. The molecule has 1 N–H and O–H groups in total. The summed E-state index contributed by atoms with van der Waals surface area (Å²) in [4.78, 5) is 13.9. The molecule has 1 aliphatic heterocycles. The van der Waals surface area contributed by atoms with Crippen molar-refractivity contribution in [3.8, 4) is 0 Å². The molecule has 0 aromatic heterocycles. The number of piperidine rings is 1. The second-order valence-electron chi connectivity index (χ2n) is 4.78. The van der Waals surface area contributed by atoms with E-state index in [2.05, 4.69) is 5.32 Å². The van der Waals surface area contributed by atoms with Gasteiger partial charge in [0.2, 0.25) is 0 Å². The Morgan fingerprint density at radius 1 is 1.42 bits per heavy atom. The van der Waals surface area contributed by atoms with Crippen molar-refractivity contribution in [2.45, 2.75) is 25.8 Å². The van der Waals surface area contributed by atoms with E-state index in [1.54, 1.807) is 4.90 Å². The van der Waals surface area contributed by atoms with E-state index in [0.717, 1.165) is 31.5 Å². The molecule has 2 rings (SSSR count). The van der Waals surface area contributed by atoms with Gasteiger partial charge in [-0.3, -0.25) is 4.79 Å². The molecule has 3 nitrogen and oxygen atoms in total. The normalized spacial score (nSPS) is 19.5. The van der Waals surface area contributed by atoms with Crippen LogP contribution in [0.3, 0.4) is 0 Å². The number of rotatable bonds is 3. The lowest BCUT2D eigenvalue weighted by molar-refractivity contribution is 0.0695. The molecule has 5 heteroatoms. The number of nitrogens with one attached hydrogen (secondary N) is 1. The van der Waals surface area contributed by atoms with Gasteiger partial charge in [-0.15, -0.1) is 0 Å². The van der Waals surface area contributed by atoms with Gasteiger partial charge in [-0.2, -0.15) is 0 Å². The predicted molar refractivity (Wildman–Crippen MR) is 69.0 cm³/mol. The minimum atomic E-state index is -0.980. The van der Waals surface area contributed by atoms with Crippen molar-refractivity contribution < 1.29 is 13.6 Å². The SMILES string of the molecule is CCNC1CCCN(C(=O)c2ccc(F)c(F)c2)C1. The number of carbonyl (C=O) groups is 1. The molecular formula is C14H18F2N2O. The molecule has 1 fully saturated rings. The molecule has 1 amide bonds. The highest BCUT2D eigenvalue weighted by atomic mass is 19.2. The van der Waals surface area contributed by atoms with E-state index >= 15 is 0 Å². The first-order valence-electron chi connectivity index (χ1n) is 6.59. The third-order valence-corrected chi connectivity index (χ3v) is 3.37. The average Bonchev–Trinajstić information content (AvgIpc) is 2.42. The van der Waals surface area contributed by atoms with Gasteiger partial charge < -0.3 is 10.2 Å². The summed E-state index contributed by atoms with van der Waals surface area (Å²) in [6.45, 7) is 4.17. The largest absolute Gasteiger partial charge is 0.337 e. The van der Waals surface area contributed by atoms with Crippen LogP contribution >= 0.6 is 0 Å². The van der Waals surface area contributed by atoms with Crippen LogP contribution in [0, 0.1) is 11.6 Å². The molecule has 0 bridgehead atoms. The highest BCUT2D eigenvalue weighted by Crippen LogP contribution is 2.15. The summed E-state index contributed by atoms with van der Waals surface area (Å²) >= 11 is 0. The fourth-order valence-corrected chi connectivity index (χ4v) is 2.43. The average molecular weight is 268 g/mol. The molecular weight excluding hydrogens is 250 g/mol. The highest BCUT2D eigenvalue weighted by Gasteiger charge is 2.24. The minimum Gasteiger partial charge on any atom is -0.337 e. The van der Waals surface area contributed by atoms with E-state index < -0.39 is 11.6 Å². The quantitative estimate of drug-likeness (QED) is 0.911. The van der Waals surface area contributed by atoms with Gasteiger partial charge in [-0.05, 0) is 37.6 Å². The summed E-state index contributed by atoms with van der Waals surface area (Å²) in [6, 6.07) is 3.58. The number of carbonyl (C=O) groups excluding carboxylic acids is 1.